The summed E-state index contributed by atoms with van der Waals surface area (Å²) in [5, 5.41) is 11.9. The molecular formula is C13H19N3O3. The molecular weight excluding hydrogens is 246 g/mol. The van der Waals surface area contributed by atoms with Crippen LogP contribution in [0.1, 0.15) is 17.4 Å². The van der Waals surface area contributed by atoms with E-state index < -0.39 is 0 Å². The molecule has 0 spiro atoms. The predicted octanol–water partition coefficient (Wildman–Crippen LogP) is 0.0288. The van der Waals surface area contributed by atoms with E-state index in [1.807, 2.05) is 13.0 Å². The van der Waals surface area contributed by atoms with Crippen LogP contribution in [0.5, 0.6) is 0 Å². The van der Waals surface area contributed by atoms with Crippen LogP contribution in [0.3, 0.4) is 0 Å². The van der Waals surface area contributed by atoms with Gasteiger partial charge in [0, 0.05) is 31.5 Å². The predicted molar refractivity (Wildman–Crippen MR) is 71.3 cm³/mol. The lowest BCUT2D eigenvalue weighted by Crippen LogP contribution is -2.44. The number of anilines is 1. The Hall–Kier alpha value is -1.66. The summed E-state index contributed by atoms with van der Waals surface area (Å²) in [6, 6.07) is 3.63. The van der Waals surface area contributed by atoms with Gasteiger partial charge in [0.15, 0.2) is 0 Å². The van der Waals surface area contributed by atoms with Crippen molar-refractivity contribution in [3.63, 3.8) is 0 Å². The Balaban J connectivity index is 2.11. The van der Waals surface area contributed by atoms with Gasteiger partial charge in [-0.3, -0.25) is 9.78 Å². The van der Waals surface area contributed by atoms with Crippen LogP contribution in [0, 0.1) is 0 Å². The summed E-state index contributed by atoms with van der Waals surface area (Å²) < 4.78 is 5.41. The number of carbonyl (C=O) groups excluding carboxylic acids is 1. The van der Waals surface area contributed by atoms with Gasteiger partial charge in [-0.1, -0.05) is 0 Å². The van der Waals surface area contributed by atoms with E-state index in [-0.39, 0.29) is 18.6 Å². The van der Waals surface area contributed by atoms with Crippen LogP contribution in [0.15, 0.2) is 18.3 Å². The van der Waals surface area contributed by atoms with Gasteiger partial charge in [-0.2, -0.15) is 0 Å². The van der Waals surface area contributed by atoms with E-state index in [2.05, 4.69) is 15.2 Å². The minimum absolute atomic E-state index is 0.00472. The Labute approximate surface area is 112 Å². The lowest BCUT2D eigenvalue weighted by Gasteiger charge is -2.33. The molecule has 1 saturated heterocycles. The third kappa shape index (κ3) is 3.42. The number of rotatable bonds is 4. The number of ether oxygens (including phenoxy) is 1. The van der Waals surface area contributed by atoms with Crippen LogP contribution >= 0.6 is 0 Å². The quantitative estimate of drug-likeness (QED) is 0.803. The second kappa shape index (κ2) is 6.49. The molecule has 2 heterocycles. The Morgan fingerprint density at radius 2 is 2.53 bits per heavy atom. The fraction of sp³-hybridized carbons (Fsp3) is 0.538. The van der Waals surface area contributed by atoms with Crippen molar-refractivity contribution < 1.29 is 14.6 Å². The van der Waals surface area contributed by atoms with Crippen LogP contribution in [-0.2, 0) is 4.74 Å². The van der Waals surface area contributed by atoms with Gasteiger partial charge in [0.25, 0.3) is 5.91 Å². The zero-order chi connectivity index (χ0) is 13.7. The maximum atomic E-state index is 11.7. The van der Waals surface area contributed by atoms with Crippen LogP contribution in [0.4, 0.5) is 5.69 Å². The highest BCUT2D eigenvalue weighted by molar-refractivity contribution is 5.93. The van der Waals surface area contributed by atoms with Gasteiger partial charge in [0.2, 0.25) is 0 Å². The normalized spacial score (nSPS) is 19.3. The number of hydrogen-bond donors (Lipinski definition) is 2. The molecule has 1 aliphatic rings. The monoisotopic (exact) mass is 265 g/mol. The SMILES string of the molecule is CCNC(=O)c1cc(N2CCOC(CO)C2)ccn1. The van der Waals surface area contributed by atoms with E-state index in [1.54, 1.807) is 12.3 Å². The van der Waals surface area contributed by atoms with Crippen molar-refractivity contribution in [2.45, 2.75) is 13.0 Å². The number of nitrogens with zero attached hydrogens (tertiary/aromatic N) is 2. The highest BCUT2D eigenvalue weighted by Gasteiger charge is 2.20. The number of nitrogens with one attached hydrogen (secondary N) is 1. The molecule has 1 atom stereocenters. The lowest BCUT2D eigenvalue weighted by atomic mass is 10.2. The molecule has 0 saturated carbocycles. The summed E-state index contributed by atoms with van der Waals surface area (Å²) in [6.07, 6.45) is 1.46. The first-order valence-electron chi connectivity index (χ1n) is 6.46. The molecule has 2 N–H and O–H groups in total. The molecule has 1 aromatic rings. The first-order valence-corrected chi connectivity index (χ1v) is 6.46. The number of carbonyl (C=O) groups is 1. The molecule has 104 valence electrons. The summed E-state index contributed by atoms with van der Waals surface area (Å²) >= 11 is 0. The molecule has 0 aliphatic carbocycles. The van der Waals surface area contributed by atoms with Gasteiger partial charge in [-0.05, 0) is 19.1 Å². The molecule has 6 nitrogen and oxygen atoms in total. The van der Waals surface area contributed by atoms with Crippen molar-refractivity contribution in [2.24, 2.45) is 0 Å². The molecule has 6 heteroatoms. The number of aliphatic hydroxyl groups is 1. The van der Waals surface area contributed by atoms with Crippen molar-refractivity contribution in [2.75, 3.05) is 37.7 Å². The smallest absolute Gasteiger partial charge is 0.269 e. The van der Waals surface area contributed by atoms with E-state index >= 15 is 0 Å². The standard InChI is InChI=1S/C13H19N3O3/c1-2-14-13(18)12-7-10(3-4-15-12)16-5-6-19-11(8-16)9-17/h3-4,7,11,17H,2,5-6,8-9H2,1H3,(H,14,18). The third-order valence-corrected chi connectivity index (χ3v) is 3.02. The number of pyridine rings is 1. The van der Waals surface area contributed by atoms with Crippen molar-refractivity contribution in [3.8, 4) is 0 Å². The minimum atomic E-state index is -0.171. The summed E-state index contributed by atoms with van der Waals surface area (Å²) in [5.74, 6) is -0.170. The van der Waals surface area contributed by atoms with Gasteiger partial charge >= 0.3 is 0 Å². The highest BCUT2D eigenvalue weighted by Crippen LogP contribution is 2.18. The van der Waals surface area contributed by atoms with Crippen molar-refractivity contribution in [1.82, 2.24) is 10.3 Å². The van der Waals surface area contributed by atoms with Crippen LogP contribution in [0.2, 0.25) is 0 Å². The maximum Gasteiger partial charge on any atom is 0.269 e. The first kappa shape index (κ1) is 13.8. The van der Waals surface area contributed by atoms with Crippen LogP contribution in [-0.4, -0.2) is 54.9 Å². The number of amides is 1. The summed E-state index contributed by atoms with van der Waals surface area (Å²) in [5.41, 5.74) is 1.34. The highest BCUT2D eigenvalue weighted by atomic mass is 16.5. The Morgan fingerprint density at radius 1 is 1.68 bits per heavy atom. The first-order chi connectivity index (χ1) is 9.24. The second-order valence-corrected chi connectivity index (χ2v) is 4.38. The molecule has 1 aliphatic heterocycles. The average Bonchev–Trinajstić information content (AvgIpc) is 2.48. The second-order valence-electron chi connectivity index (χ2n) is 4.38. The molecule has 0 radical (unpaired) electrons. The van der Waals surface area contributed by atoms with Gasteiger partial charge < -0.3 is 20.1 Å². The summed E-state index contributed by atoms with van der Waals surface area (Å²) in [4.78, 5) is 17.9. The summed E-state index contributed by atoms with van der Waals surface area (Å²) in [7, 11) is 0. The number of hydrogen-bond acceptors (Lipinski definition) is 5. The number of morpholine rings is 1. The molecule has 1 fully saturated rings. The lowest BCUT2D eigenvalue weighted by molar-refractivity contribution is 0.00356. The van der Waals surface area contributed by atoms with Gasteiger partial charge in [0.05, 0.1) is 19.3 Å². The van der Waals surface area contributed by atoms with E-state index in [0.29, 0.717) is 25.4 Å². The molecule has 1 unspecified atom stereocenters. The maximum absolute atomic E-state index is 11.7. The Bertz CT molecular complexity index is 439. The largest absolute Gasteiger partial charge is 0.394 e. The molecule has 1 aromatic heterocycles. The fourth-order valence-corrected chi connectivity index (χ4v) is 2.06. The molecule has 0 aromatic carbocycles. The molecule has 1 amide bonds. The Morgan fingerprint density at radius 3 is 3.26 bits per heavy atom. The molecule has 19 heavy (non-hydrogen) atoms. The fourth-order valence-electron chi connectivity index (χ4n) is 2.06. The van der Waals surface area contributed by atoms with Crippen LogP contribution in [0.25, 0.3) is 0 Å². The Kier molecular flexibility index (Phi) is 4.70. The van der Waals surface area contributed by atoms with Gasteiger partial charge in [-0.25, -0.2) is 0 Å². The summed E-state index contributed by atoms with van der Waals surface area (Å²) in [6.45, 7) is 4.39. The van der Waals surface area contributed by atoms with Crippen molar-refractivity contribution >= 4 is 11.6 Å². The van der Waals surface area contributed by atoms with Crippen molar-refractivity contribution in [3.05, 3.63) is 24.0 Å². The van der Waals surface area contributed by atoms with Gasteiger partial charge in [0.1, 0.15) is 5.69 Å². The number of aromatic nitrogens is 1. The zero-order valence-corrected chi connectivity index (χ0v) is 11.0. The number of aliphatic hydroxyl groups excluding tert-OH is 1. The molecule has 0 bridgehead atoms. The average molecular weight is 265 g/mol. The van der Waals surface area contributed by atoms with Crippen LogP contribution < -0.4 is 10.2 Å². The topological polar surface area (TPSA) is 74.7 Å². The van der Waals surface area contributed by atoms with E-state index in [0.717, 1.165) is 12.2 Å². The van der Waals surface area contributed by atoms with Crippen molar-refractivity contribution in [1.29, 1.82) is 0 Å². The third-order valence-electron chi connectivity index (χ3n) is 3.02. The van der Waals surface area contributed by atoms with E-state index in [4.69, 9.17) is 9.84 Å². The van der Waals surface area contributed by atoms with Gasteiger partial charge in [-0.15, -0.1) is 0 Å². The minimum Gasteiger partial charge on any atom is -0.394 e. The van der Waals surface area contributed by atoms with E-state index in [1.165, 1.54) is 0 Å². The molecule has 2 rings (SSSR count). The zero-order valence-electron chi connectivity index (χ0n) is 11.0. The van der Waals surface area contributed by atoms with E-state index in [9.17, 15) is 4.79 Å².